The summed E-state index contributed by atoms with van der Waals surface area (Å²) in [5.41, 5.74) is 16.0. The second kappa shape index (κ2) is 8.32. The van der Waals surface area contributed by atoms with Gasteiger partial charge in [-0.15, -0.1) is 0 Å². The number of fused-ring (bicyclic) bond motifs is 4. The summed E-state index contributed by atoms with van der Waals surface area (Å²) in [4.78, 5) is 0. The van der Waals surface area contributed by atoms with Crippen LogP contribution in [-0.4, -0.2) is 0 Å². The summed E-state index contributed by atoms with van der Waals surface area (Å²) in [7, 11) is 0. The molecule has 0 N–H and O–H groups in total. The van der Waals surface area contributed by atoms with E-state index in [-0.39, 0.29) is 5.41 Å². The molecule has 2 aliphatic carbocycles. The lowest BCUT2D eigenvalue weighted by atomic mass is 9.81. The summed E-state index contributed by atoms with van der Waals surface area (Å²) < 4.78 is 6.47. The van der Waals surface area contributed by atoms with E-state index in [9.17, 15) is 0 Å². The number of aryl methyl sites for hydroxylation is 1. The predicted octanol–water partition coefficient (Wildman–Crippen LogP) is 10.6. The first-order chi connectivity index (χ1) is 19.4. The summed E-state index contributed by atoms with van der Waals surface area (Å²) in [6, 6.07) is 31.7. The highest BCUT2D eigenvalue weighted by Crippen LogP contribution is 2.50. The number of allylic oxidation sites excluding steroid dienone is 3. The van der Waals surface area contributed by atoms with Crippen molar-refractivity contribution >= 4 is 16.3 Å². The third-order valence-corrected chi connectivity index (χ3v) is 9.52. The molecule has 5 aromatic rings. The Balaban J connectivity index is 1.28. The van der Waals surface area contributed by atoms with Crippen LogP contribution >= 0.6 is 0 Å². The number of hydrogen-bond acceptors (Lipinski definition) is 1. The lowest BCUT2D eigenvalue weighted by Gasteiger charge is -2.28. The third-order valence-electron chi connectivity index (χ3n) is 9.52. The molecule has 1 aliphatic heterocycles. The Bertz CT molecular complexity index is 1960. The van der Waals surface area contributed by atoms with Crippen LogP contribution in [0.4, 0.5) is 0 Å². The van der Waals surface area contributed by atoms with Crippen LogP contribution in [-0.2, 0) is 5.41 Å². The largest absolute Gasteiger partial charge is 0.456 e. The zero-order chi connectivity index (χ0) is 27.2. The van der Waals surface area contributed by atoms with Crippen molar-refractivity contribution in [3.05, 3.63) is 131 Å². The van der Waals surface area contributed by atoms with Crippen molar-refractivity contribution < 1.29 is 4.74 Å². The molecule has 0 bridgehead atoms. The second-order valence-corrected chi connectivity index (χ2v) is 12.1. The zero-order valence-corrected chi connectivity index (χ0v) is 23.6. The molecule has 0 unspecified atom stereocenters. The number of benzene rings is 5. The van der Waals surface area contributed by atoms with E-state index < -0.39 is 0 Å². The fourth-order valence-corrected chi connectivity index (χ4v) is 7.29. The van der Waals surface area contributed by atoms with Crippen LogP contribution in [0.25, 0.3) is 49.7 Å². The maximum atomic E-state index is 6.47. The third kappa shape index (κ3) is 3.21. The number of rotatable bonds is 2. The molecule has 0 saturated heterocycles. The first-order valence-corrected chi connectivity index (χ1v) is 14.4. The molecule has 8 rings (SSSR count). The van der Waals surface area contributed by atoms with E-state index in [1.807, 2.05) is 0 Å². The van der Waals surface area contributed by atoms with E-state index in [2.05, 4.69) is 125 Å². The minimum Gasteiger partial charge on any atom is -0.456 e. The summed E-state index contributed by atoms with van der Waals surface area (Å²) in [6.07, 6.45) is 6.48. The molecule has 0 radical (unpaired) electrons. The quantitative estimate of drug-likeness (QED) is 0.227. The van der Waals surface area contributed by atoms with Gasteiger partial charge in [-0.3, -0.25) is 0 Å². The molecule has 40 heavy (non-hydrogen) atoms. The molecule has 0 spiro atoms. The normalized spacial score (nSPS) is 16.0. The summed E-state index contributed by atoms with van der Waals surface area (Å²) in [5.74, 6) is 1.99. The van der Waals surface area contributed by atoms with Crippen molar-refractivity contribution in [3.8, 4) is 39.1 Å². The zero-order valence-electron chi connectivity index (χ0n) is 23.6. The Labute approximate surface area is 236 Å². The van der Waals surface area contributed by atoms with Crippen molar-refractivity contribution in [2.45, 2.75) is 46.0 Å². The molecule has 5 aromatic carbocycles. The van der Waals surface area contributed by atoms with Gasteiger partial charge in [0.2, 0.25) is 0 Å². The fourth-order valence-electron chi connectivity index (χ4n) is 7.29. The highest BCUT2D eigenvalue weighted by atomic mass is 16.5. The molecule has 1 heterocycles. The monoisotopic (exact) mass is 516 g/mol. The van der Waals surface area contributed by atoms with Crippen molar-refractivity contribution in [2.24, 2.45) is 0 Å². The first kappa shape index (κ1) is 23.5. The Morgan fingerprint density at radius 1 is 0.700 bits per heavy atom. The average Bonchev–Trinajstić information content (AvgIpc) is 3.21. The molecule has 3 aliphatic rings. The molecule has 1 heteroatoms. The van der Waals surface area contributed by atoms with Crippen LogP contribution in [0.1, 0.15) is 54.5 Å². The van der Waals surface area contributed by atoms with Gasteiger partial charge in [-0.05, 0) is 118 Å². The molecule has 0 aromatic heterocycles. The van der Waals surface area contributed by atoms with Crippen LogP contribution < -0.4 is 4.74 Å². The molecule has 194 valence electrons. The van der Waals surface area contributed by atoms with E-state index >= 15 is 0 Å². The lowest BCUT2D eigenvalue weighted by molar-refractivity contribution is 0.444. The van der Waals surface area contributed by atoms with E-state index in [4.69, 9.17) is 4.74 Å². The van der Waals surface area contributed by atoms with Crippen LogP contribution in [0.3, 0.4) is 0 Å². The van der Waals surface area contributed by atoms with Gasteiger partial charge in [-0.2, -0.15) is 0 Å². The highest BCUT2D eigenvalue weighted by Gasteiger charge is 2.35. The Morgan fingerprint density at radius 2 is 1.48 bits per heavy atom. The Hall–Kier alpha value is -4.36. The van der Waals surface area contributed by atoms with E-state index in [0.717, 1.165) is 24.4 Å². The average molecular weight is 517 g/mol. The SMILES string of the molecule is Cc1cc2c(-c3cccc(-c4ccc5c(c4)C(C)(C)c4ccccc4-5)c3)ccc3c2c(c1C)C1=C(C=CCC1)O3. The van der Waals surface area contributed by atoms with Gasteiger partial charge < -0.3 is 4.74 Å². The van der Waals surface area contributed by atoms with Crippen molar-refractivity contribution in [1.29, 1.82) is 0 Å². The molecule has 0 saturated carbocycles. The molecule has 0 atom stereocenters. The summed E-state index contributed by atoms with van der Waals surface area (Å²) in [5, 5.41) is 2.54. The van der Waals surface area contributed by atoms with Crippen LogP contribution in [0.15, 0.2) is 103 Å². The van der Waals surface area contributed by atoms with Gasteiger partial charge in [-0.1, -0.05) is 86.7 Å². The summed E-state index contributed by atoms with van der Waals surface area (Å²) in [6.45, 7) is 9.21. The Kier molecular flexibility index (Phi) is 4.89. The second-order valence-electron chi connectivity index (χ2n) is 12.1. The van der Waals surface area contributed by atoms with Gasteiger partial charge in [0.15, 0.2) is 0 Å². The van der Waals surface area contributed by atoms with Gasteiger partial charge in [-0.25, -0.2) is 0 Å². The first-order valence-electron chi connectivity index (χ1n) is 14.4. The predicted molar refractivity (Wildman–Crippen MR) is 168 cm³/mol. The maximum absolute atomic E-state index is 6.47. The van der Waals surface area contributed by atoms with Crippen molar-refractivity contribution in [2.75, 3.05) is 0 Å². The molecular weight excluding hydrogens is 484 g/mol. The molecule has 0 fully saturated rings. The maximum Gasteiger partial charge on any atom is 0.135 e. The Morgan fingerprint density at radius 3 is 2.38 bits per heavy atom. The molecular formula is C39H32O. The summed E-state index contributed by atoms with van der Waals surface area (Å²) >= 11 is 0. The van der Waals surface area contributed by atoms with Crippen LogP contribution in [0.2, 0.25) is 0 Å². The van der Waals surface area contributed by atoms with E-state index in [0.29, 0.717) is 0 Å². The van der Waals surface area contributed by atoms with Gasteiger partial charge in [0.25, 0.3) is 0 Å². The molecule has 1 nitrogen and oxygen atoms in total. The highest BCUT2D eigenvalue weighted by molar-refractivity contribution is 6.09. The fraction of sp³-hybridized carbons (Fsp3) is 0.179. The topological polar surface area (TPSA) is 9.23 Å². The van der Waals surface area contributed by atoms with Crippen LogP contribution in [0, 0.1) is 13.8 Å². The standard InChI is InChI=1S/C39H32O/c1-23-20-32-28(18-19-36-38(32)37(24(23)2)31-13-6-8-15-35(31)40-36)27-11-9-10-25(21-27)26-16-17-30-29-12-5-7-14-33(29)39(3,4)34(30)22-26/h5,7-12,14-22H,6,13H2,1-4H3. The van der Waals surface area contributed by atoms with Gasteiger partial charge in [0.05, 0.1) is 0 Å². The smallest absolute Gasteiger partial charge is 0.135 e. The number of ether oxygens (including phenoxy) is 1. The van der Waals surface area contributed by atoms with Crippen molar-refractivity contribution in [3.63, 3.8) is 0 Å². The lowest BCUT2D eigenvalue weighted by Crippen LogP contribution is -2.14. The number of hydrogen-bond donors (Lipinski definition) is 0. The molecule has 0 amide bonds. The minimum atomic E-state index is -0.00697. The minimum absolute atomic E-state index is 0.00697. The van der Waals surface area contributed by atoms with Crippen molar-refractivity contribution in [1.82, 2.24) is 0 Å². The van der Waals surface area contributed by atoms with Gasteiger partial charge >= 0.3 is 0 Å². The van der Waals surface area contributed by atoms with Gasteiger partial charge in [0, 0.05) is 16.4 Å². The van der Waals surface area contributed by atoms with Crippen LogP contribution in [0.5, 0.6) is 5.75 Å². The van der Waals surface area contributed by atoms with Gasteiger partial charge in [0.1, 0.15) is 11.5 Å². The van der Waals surface area contributed by atoms with E-state index in [1.54, 1.807) is 0 Å². The van der Waals surface area contributed by atoms with E-state index in [1.165, 1.54) is 77.5 Å².